The number of rotatable bonds is 4. The third-order valence-electron chi connectivity index (χ3n) is 3.17. The Hall–Kier alpha value is -2.03. The van der Waals surface area contributed by atoms with Crippen molar-refractivity contribution in [2.24, 2.45) is 0 Å². The van der Waals surface area contributed by atoms with Crippen molar-refractivity contribution in [1.82, 2.24) is 0 Å². The van der Waals surface area contributed by atoms with E-state index >= 15 is 0 Å². The molecule has 2 aromatic carbocycles. The van der Waals surface area contributed by atoms with Crippen LogP contribution in [0.25, 0.3) is 0 Å². The maximum absolute atomic E-state index is 13.5. The molecule has 0 unspecified atom stereocenters. The fraction of sp³-hybridized carbons (Fsp3) is 0.250. The van der Waals surface area contributed by atoms with Gasteiger partial charge in [-0.3, -0.25) is 0 Å². The lowest BCUT2D eigenvalue weighted by Crippen LogP contribution is -1.99. The van der Waals surface area contributed by atoms with Gasteiger partial charge >= 0.3 is 0 Å². The van der Waals surface area contributed by atoms with Gasteiger partial charge in [0.2, 0.25) is 0 Å². The maximum Gasteiger partial charge on any atom is 0.165 e. The van der Waals surface area contributed by atoms with E-state index in [-0.39, 0.29) is 11.6 Å². The summed E-state index contributed by atoms with van der Waals surface area (Å²) < 4.78 is 24.1. The molecule has 0 heterocycles. The number of benzene rings is 2. The third kappa shape index (κ3) is 3.05. The first-order valence-electron chi connectivity index (χ1n) is 6.13. The van der Waals surface area contributed by atoms with Crippen molar-refractivity contribution in [2.75, 3.05) is 7.11 Å². The van der Waals surface area contributed by atoms with Crippen molar-refractivity contribution in [3.8, 4) is 11.5 Å². The van der Waals surface area contributed by atoms with Crippen LogP contribution in [0, 0.1) is 19.7 Å². The molecule has 0 radical (unpaired) electrons. The van der Waals surface area contributed by atoms with Gasteiger partial charge in [0, 0.05) is 0 Å². The van der Waals surface area contributed by atoms with Gasteiger partial charge in [-0.15, -0.1) is 0 Å². The Balaban J connectivity index is 2.10. The highest BCUT2D eigenvalue weighted by atomic mass is 19.1. The lowest BCUT2D eigenvalue weighted by Gasteiger charge is -2.11. The molecule has 0 saturated carbocycles. The van der Waals surface area contributed by atoms with Crippen LogP contribution in [0.5, 0.6) is 11.5 Å². The number of halogens is 1. The predicted octanol–water partition coefficient (Wildman–Crippen LogP) is 4.03. The molecule has 0 atom stereocenters. The van der Waals surface area contributed by atoms with Crippen LogP contribution in [-0.2, 0) is 6.61 Å². The molecule has 0 bridgehead atoms. The minimum absolute atomic E-state index is 0.246. The second-order valence-electron chi connectivity index (χ2n) is 4.46. The maximum atomic E-state index is 13.5. The fourth-order valence-electron chi connectivity index (χ4n) is 1.84. The first kappa shape index (κ1) is 13.4. The van der Waals surface area contributed by atoms with Crippen LogP contribution in [0.4, 0.5) is 4.39 Å². The molecule has 2 aromatic rings. The summed E-state index contributed by atoms with van der Waals surface area (Å²) in [5, 5.41) is 0. The van der Waals surface area contributed by atoms with E-state index in [1.807, 2.05) is 32.0 Å². The quantitative estimate of drug-likeness (QED) is 0.826. The Labute approximate surface area is 112 Å². The Morgan fingerprint density at radius 3 is 2.53 bits per heavy atom. The highest BCUT2D eigenvalue weighted by Crippen LogP contribution is 2.23. The van der Waals surface area contributed by atoms with E-state index in [4.69, 9.17) is 9.47 Å². The molecule has 0 N–H and O–H groups in total. The molecule has 2 nitrogen and oxygen atoms in total. The molecular weight excluding hydrogens is 243 g/mol. The van der Waals surface area contributed by atoms with E-state index in [2.05, 4.69) is 0 Å². The molecule has 0 spiro atoms. The number of methoxy groups -OCH3 is 1. The van der Waals surface area contributed by atoms with Gasteiger partial charge < -0.3 is 9.47 Å². The number of aryl methyl sites for hydroxylation is 1. The van der Waals surface area contributed by atoms with Gasteiger partial charge in [0.25, 0.3) is 0 Å². The summed E-state index contributed by atoms with van der Waals surface area (Å²) in [4.78, 5) is 0. The van der Waals surface area contributed by atoms with Crippen LogP contribution in [0.15, 0.2) is 36.4 Å². The first-order valence-corrected chi connectivity index (χ1v) is 6.13. The summed E-state index contributed by atoms with van der Waals surface area (Å²) in [6.07, 6.45) is 0. The topological polar surface area (TPSA) is 18.5 Å². The van der Waals surface area contributed by atoms with E-state index in [9.17, 15) is 4.39 Å². The molecule has 2 rings (SSSR count). The molecule has 0 aromatic heterocycles. The van der Waals surface area contributed by atoms with Gasteiger partial charge in [0.1, 0.15) is 12.4 Å². The largest absolute Gasteiger partial charge is 0.494 e. The van der Waals surface area contributed by atoms with Crippen LogP contribution in [0.3, 0.4) is 0 Å². The van der Waals surface area contributed by atoms with Gasteiger partial charge in [-0.25, -0.2) is 4.39 Å². The van der Waals surface area contributed by atoms with Gasteiger partial charge in [-0.1, -0.05) is 18.2 Å². The monoisotopic (exact) mass is 260 g/mol. The van der Waals surface area contributed by atoms with Gasteiger partial charge in [0.05, 0.1) is 7.11 Å². The Morgan fingerprint density at radius 1 is 1.05 bits per heavy atom. The first-order chi connectivity index (χ1) is 9.11. The highest BCUT2D eigenvalue weighted by Gasteiger charge is 2.05. The number of hydrogen-bond donors (Lipinski definition) is 0. The Bertz CT molecular complexity index is 579. The molecule has 0 saturated heterocycles. The van der Waals surface area contributed by atoms with E-state index in [0.29, 0.717) is 6.61 Å². The molecule has 0 amide bonds. The Kier molecular flexibility index (Phi) is 4.05. The van der Waals surface area contributed by atoms with Crippen LogP contribution in [0.1, 0.15) is 16.7 Å². The van der Waals surface area contributed by atoms with Gasteiger partial charge in [-0.05, 0) is 48.7 Å². The second kappa shape index (κ2) is 5.74. The lowest BCUT2D eigenvalue weighted by molar-refractivity contribution is 0.302. The number of hydrogen-bond acceptors (Lipinski definition) is 2. The summed E-state index contributed by atoms with van der Waals surface area (Å²) in [6.45, 7) is 4.39. The molecule has 0 aliphatic rings. The molecule has 19 heavy (non-hydrogen) atoms. The minimum atomic E-state index is -0.371. The van der Waals surface area contributed by atoms with E-state index in [1.165, 1.54) is 18.7 Å². The number of ether oxygens (including phenoxy) is 2. The van der Waals surface area contributed by atoms with Crippen LogP contribution >= 0.6 is 0 Å². The summed E-state index contributed by atoms with van der Waals surface area (Å²) in [5.41, 5.74) is 3.06. The van der Waals surface area contributed by atoms with Crippen molar-refractivity contribution in [3.05, 3.63) is 58.9 Å². The summed E-state index contributed by atoms with van der Waals surface area (Å²) in [7, 11) is 1.45. The van der Waals surface area contributed by atoms with Crippen molar-refractivity contribution in [1.29, 1.82) is 0 Å². The van der Waals surface area contributed by atoms with Crippen LogP contribution < -0.4 is 9.47 Å². The highest BCUT2D eigenvalue weighted by molar-refractivity contribution is 5.38. The summed E-state index contributed by atoms with van der Waals surface area (Å²) in [5.74, 6) is 0.705. The average molecular weight is 260 g/mol. The van der Waals surface area contributed by atoms with Gasteiger partial charge in [-0.2, -0.15) is 0 Å². The smallest absolute Gasteiger partial charge is 0.165 e. The standard InChI is InChI=1S/C16H17FO2/c1-11-5-4-6-15(12(11)2)19-10-13-7-8-16(18-3)14(17)9-13/h4-9H,10H2,1-3H3. The molecular formula is C16H17FO2. The van der Waals surface area contributed by atoms with Crippen molar-refractivity contribution in [2.45, 2.75) is 20.5 Å². The minimum Gasteiger partial charge on any atom is -0.494 e. The molecule has 0 aliphatic heterocycles. The van der Waals surface area contributed by atoms with Crippen LogP contribution in [-0.4, -0.2) is 7.11 Å². The Morgan fingerprint density at radius 2 is 1.84 bits per heavy atom. The van der Waals surface area contributed by atoms with E-state index in [0.717, 1.165) is 16.9 Å². The van der Waals surface area contributed by atoms with Crippen molar-refractivity contribution >= 4 is 0 Å². The van der Waals surface area contributed by atoms with Gasteiger partial charge in [0.15, 0.2) is 11.6 Å². The normalized spacial score (nSPS) is 10.3. The van der Waals surface area contributed by atoms with Crippen molar-refractivity contribution in [3.63, 3.8) is 0 Å². The van der Waals surface area contributed by atoms with Crippen LogP contribution in [0.2, 0.25) is 0 Å². The SMILES string of the molecule is COc1ccc(COc2cccc(C)c2C)cc1F. The summed E-state index contributed by atoms with van der Waals surface area (Å²) in [6, 6.07) is 10.7. The van der Waals surface area contributed by atoms with E-state index < -0.39 is 0 Å². The molecule has 100 valence electrons. The molecule has 0 fully saturated rings. The predicted molar refractivity (Wildman–Crippen MR) is 73.2 cm³/mol. The fourth-order valence-corrected chi connectivity index (χ4v) is 1.84. The average Bonchev–Trinajstić information content (AvgIpc) is 2.40. The zero-order chi connectivity index (χ0) is 13.8. The lowest BCUT2D eigenvalue weighted by atomic mass is 10.1. The molecule has 3 heteroatoms. The summed E-state index contributed by atoms with van der Waals surface area (Å²) >= 11 is 0. The second-order valence-corrected chi connectivity index (χ2v) is 4.46. The molecule has 0 aliphatic carbocycles. The third-order valence-corrected chi connectivity index (χ3v) is 3.17. The van der Waals surface area contributed by atoms with E-state index in [1.54, 1.807) is 12.1 Å². The zero-order valence-electron chi connectivity index (χ0n) is 11.4. The van der Waals surface area contributed by atoms with Crippen molar-refractivity contribution < 1.29 is 13.9 Å². The zero-order valence-corrected chi connectivity index (χ0v) is 11.4.